The maximum absolute atomic E-state index is 13.5. The minimum atomic E-state index is -0.216. The molecule has 0 atom stereocenters. The minimum Gasteiger partial charge on any atom is -0.368 e. The summed E-state index contributed by atoms with van der Waals surface area (Å²) in [6, 6.07) is 22.4. The Bertz CT molecular complexity index is 1100. The number of Topliss-reactive ketones (excluding diaryl/α,β-unsaturated/α-hetero) is 2. The average molecular weight is 427 g/mol. The zero-order valence-corrected chi connectivity index (χ0v) is 17.9. The molecule has 1 aliphatic heterocycles. The van der Waals surface area contributed by atoms with Crippen LogP contribution in [0.25, 0.3) is 0 Å². The molecule has 162 valence electrons. The van der Waals surface area contributed by atoms with Crippen molar-refractivity contribution in [2.24, 2.45) is 0 Å². The fourth-order valence-corrected chi connectivity index (χ4v) is 4.19. The van der Waals surface area contributed by atoms with Crippen molar-refractivity contribution in [3.05, 3.63) is 101 Å². The smallest absolute Gasteiger partial charge is 0.168 e. The molecule has 3 aromatic rings. The number of rotatable bonds is 8. The molecule has 0 saturated carbocycles. The lowest BCUT2D eigenvalue weighted by atomic mass is 9.89. The summed E-state index contributed by atoms with van der Waals surface area (Å²) in [6.45, 7) is 3.09. The fraction of sp³-hybridized carbons (Fsp3) is 0.222. The summed E-state index contributed by atoms with van der Waals surface area (Å²) < 4.78 is 0. The molecule has 1 heterocycles. The lowest BCUT2D eigenvalue weighted by Gasteiger charge is -2.31. The predicted octanol–water partition coefficient (Wildman–Crippen LogP) is 3.76. The van der Waals surface area contributed by atoms with Gasteiger partial charge in [0.25, 0.3) is 0 Å². The summed E-state index contributed by atoms with van der Waals surface area (Å²) in [4.78, 5) is 41.1. The van der Waals surface area contributed by atoms with Crippen molar-refractivity contribution < 1.29 is 14.4 Å². The molecule has 0 aliphatic carbocycles. The molecule has 32 heavy (non-hydrogen) atoms. The van der Waals surface area contributed by atoms with Gasteiger partial charge >= 0.3 is 0 Å². The molecule has 0 unspecified atom stereocenters. The molecule has 3 aromatic carbocycles. The van der Waals surface area contributed by atoms with Crippen LogP contribution in [-0.2, 0) is 12.8 Å². The number of benzene rings is 3. The summed E-state index contributed by atoms with van der Waals surface area (Å²) in [5.74, 6) is -0.380. The third kappa shape index (κ3) is 4.84. The Morgan fingerprint density at radius 1 is 0.781 bits per heavy atom. The predicted molar refractivity (Wildman–Crippen MR) is 126 cm³/mol. The van der Waals surface area contributed by atoms with Gasteiger partial charge in [-0.3, -0.25) is 14.4 Å². The first kappa shape index (κ1) is 21.7. The Hall–Kier alpha value is -3.57. The van der Waals surface area contributed by atoms with E-state index in [-0.39, 0.29) is 30.0 Å². The number of nitrogens with zero attached hydrogens (tertiary/aromatic N) is 1. The van der Waals surface area contributed by atoms with Crippen LogP contribution in [0.2, 0.25) is 0 Å². The number of ketones is 2. The monoisotopic (exact) mass is 426 g/mol. The van der Waals surface area contributed by atoms with Crippen LogP contribution in [0.3, 0.4) is 0 Å². The van der Waals surface area contributed by atoms with Crippen LogP contribution < -0.4 is 10.2 Å². The lowest BCUT2D eigenvalue weighted by Crippen LogP contribution is -2.44. The van der Waals surface area contributed by atoms with E-state index >= 15 is 0 Å². The quantitative estimate of drug-likeness (QED) is 0.439. The Morgan fingerprint density at radius 2 is 1.34 bits per heavy atom. The highest BCUT2D eigenvalue weighted by molar-refractivity contribution is 6.15. The van der Waals surface area contributed by atoms with Gasteiger partial charge in [-0.2, -0.15) is 0 Å². The standard InChI is InChI=1S/C27H26N2O3/c30-19-23-24(29-15-13-28-14-16-29)12-11-22(25(31)17-20-7-3-1-4-8-20)27(23)26(32)18-21-9-5-2-6-10-21/h1-12,19,28H,13-18H2. The Balaban J connectivity index is 1.76. The first-order valence-electron chi connectivity index (χ1n) is 10.9. The van der Waals surface area contributed by atoms with Crippen LogP contribution in [0.1, 0.15) is 42.2 Å². The molecular formula is C27H26N2O3. The van der Waals surface area contributed by atoms with Crippen LogP contribution in [0.4, 0.5) is 5.69 Å². The van der Waals surface area contributed by atoms with Gasteiger partial charge in [0.2, 0.25) is 0 Å². The molecule has 0 aromatic heterocycles. The van der Waals surface area contributed by atoms with E-state index in [1.807, 2.05) is 66.7 Å². The van der Waals surface area contributed by atoms with E-state index in [0.717, 1.165) is 43.6 Å². The maximum atomic E-state index is 13.5. The summed E-state index contributed by atoms with van der Waals surface area (Å²) in [6.07, 6.45) is 1.05. The number of carbonyl (C=O) groups is 3. The zero-order valence-electron chi connectivity index (χ0n) is 17.9. The first-order chi connectivity index (χ1) is 15.7. The van der Waals surface area contributed by atoms with E-state index in [1.165, 1.54) is 0 Å². The van der Waals surface area contributed by atoms with Gasteiger partial charge in [0, 0.05) is 61.4 Å². The molecule has 0 bridgehead atoms. The summed E-state index contributed by atoms with van der Waals surface area (Å²) in [7, 11) is 0. The molecule has 1 aliphatic rings. The van der Waals surface area contributed by atoms with Gasteiger partial charge < -0.3 is 10.2 Å². The van der Waals surface area contributed by atoms with Crippen LogP contribution in [0.15, 0.2) is 72.8 Å². The molecule has 1 fully saturated rings. The largest absolute Gasteiger partial charge is 0.368 e. The highest BCUT2D eigenvalue weighted by atomic mass is 16.1. The molecule has 0 radical (unpaired) electrons. The second-order valence-electron chi connectivity index (χ2n) is 7.95. The number of anilines is 1. The first-order valence-corrected chi connectivity index (χ1v) is 10.9. The highest BCUT2D eigenvalue weighted by Crippen LogP contribution is 2.28. The van der Waals surface area contributed by atoms with Crippen molar-refractivity contribution in [3.63, 3.8) is 0 Å². The van der Waals surface area contributed by atoms with Crippen molar-refractivity contribution in [2.75, 3.05) is 31.1 Å². The van der Waals surface area contributed by atoms with Crippen molar-refractivity contribution >= 4 is 23.5 Å². The van der Waals surface area contributed by atoms with Gasteiger partial charge in [0.1, 0.15) is 0 Å². The number of hydrogen-bond donors (Lipinski definition) is 1. The lowest BCUT2D eigenvalue weighted by molar-refractivity contribution is 0.0957. The summed E-state index contributed by atoms with van der Waals surface area (Å²) in [5, 5.41) is 3.30. The third-order valence-corrected chi connectivity index (χ3v) is 5.79. The average Bonchev–Trinajstić information content (AvgIpc) is 2.84. The molecular weight excluding hydrogens is 400 g/mol. The maximum Gasteiger partial charge on any atom is 0.168 e. The second kappa shape index (κ2) is 10.2. The van der Waals surface area contributed by atoms with Gasteiger partial charge in [0.05, 0.1) is 0 Å². The fourth-order valence-electron chi connectivity index (χ4n) is 4.19. The third-order valence-electron chi connectivity index (χ3n) is 5.79. The molecule has 0 amide bonds. The number of aldehydes is 1. The Kier molecular flexibility index (Phi) is 6.87. The van der Waals surface area contributed by atoms with Gasteiger partial charge in [0.15, 0.2) is 17.9 Å². The van der Waals surface area contributed by atoms with Crippen LogP contribution in [0, 0.1) is 0 Å². The SMILES string of the molecule is O=Cc1c(N2CCNCC2)ccc(C(=O)Cc2ccccc2)c1C(=O)Cc1ccccc1. The van der Waals surface area contributed by atoms with E-state index in [9.17, 15) is 14.4 Å². The van der Waals surface area contributed by atoms with E-state index in [4.69, 9.17) is 0 Å². The van der Waals surface area contributed by atoms with Gasteiger partial charge in [-0.25, -0.2) is 0 Å². The Morgan fingerprint density at radius 3 is 1.91 bits per heavy atom. The topological polar surface area (TPSA) is 66.5 Å². The minimum absolute atomic E-state index is 0.137. The molecule has 0 spiro atoms. The number of piperazine rings is 1. The molecule has 5 heteroatoms. The van der Waals surface area contributed by atoms with Gasteiger partial charge in [-0.15, -0.1) is 0 Å². The number of carbonyl (C=O) groups excluding carboxylic acids is 3. The van der Waals surface area contributed by atoms with Crippen molar-refractivity contribution in [2.45, 2.75) is 12.8 Å². The van der Waals surface area contributed by atoms with Crippen molar-refractivity contribution in [1.82, 2.24) is 5.32 Å². The highest BCUT2D eigenvalue weighted by Gasteiger charge is 2.26. The number of nitrogens with one attached hydrogen (secondary N) is 1. The van der Waals surface area contributed by atoms with Crippen LogP contribution in [-0.4, -0.2) is 44.0 Å². The van der Waals surface area contributed by atoms with Gasteiger partial charge in [-0.05, 0) is 23.3 Å². The molecule has 1 N–H and O–H groups in total. The Labute approximate surface area is 188 Å². The summed E-state index contributed by atoms with van der Waals surface area (Å²) in [5.41, 5.74) is 3.30. The number of hydrogen-bond acceptors (Lipinski definition) is 5. The van der Waals surface area contributed by atoms with Gasteiger partial charge in [-0.1, -0.05) is 60.7 Å². The molecule has 1 saturated heterocycles. The normalized spacial score (nSPS) is 13.6. The van der Waals surface area contributed by atoms with Crippen LogP contribution >= 0.6 is 0 Å². The zero-order chi connectivity index (χ0) is 22.3. The van der Waals surface area contributed by atoms with E-state index < -0.39 is 0 Å². The van der Waals surface area contributed by atoms with E-state index in [0.29, 0.717) is 16.8 Å². The van der Waals surface area contributed by atoms with E-state index in [1.54, 1.807) is 6.07 Å². The molecule has 4 rings (SSSR count). The van der Waals surface area contributed by atoms with Crippen molar-refractivity contribution in [3.8, 4) is 0 Å². The molecule has 5 nitrogen and oxygen atoms in total. The van der Waals surface area contributed by atoms with Crippen LogP contribution in [0.5, 0.6) is 0 Å². The van der Waals surface area contributed by atoms with Crippen molar-refractivity contribution in [1.29, 1.82) is 0 Å². The second-order valence-corrected chi connectivity index (χ2v) is 7.95. The summed E-state index contributed by atoms with van der Waals surface area (Å²) >= 11 is 0. The van der Waals surface area contributed by atoms with E-state index in [2.05, 4.69) is 10.2 Å².